The van der Waals surface area contributed by atoms with Gasteiger partial charge in [-0.3, -0.25) is 4.79 Å². The molecule has 0 saturated carbocycles. The fourth-order valence-corrected chi connectivity index (χ4v) is 2.11. The van der Waals surface area contributed by atoms with Crippen molar-refractivity contribution in [3.63, 3.8) is 0 Å². The first-order chi connectivity index (χ1) is 8.97. The average molecular weight is 256 g/mol. The fraction of sp³-hybridized carbons (Fsp3) is 0.235. The van der Waals surface area contributed by atoms with E-state index in [0.29, 0.717) is 12.0 Å². The molecule has 0 radical (unpaired) electrons. The summed E-state index contributed by atoms with van der Waals surface area (Å²) in [5, 5.41) is 0. The van der Waals surface area contributed by atoms with Crippen LogP contribution in [-0.4, -0.2) is 5.78 Å². The van der Waals surface area contributed by atoms with Gasteiger partial charge in [-0.1, -0.05) is 30.3 Å². The fourth-order valence-electron chi connectivity index (χ4n) is 2.11. The quantitative estimate of drug-likeness (QED) is 0.802. The van der Waals surface area contributed by atoms with Crippen LogP contribution in [-0.2, 0) is 11.2 Å². The molecule has 0 aliphatic heterocycles. The lowest BCUT2D eigenvalue weighted by atomic mass is 9.97. The van der Waals surface area contributed by atoms with E-state index in [1.54, 1.807) is 26.0 Å². The number of ketones is 1. The van der Waals surface area contributed by atoms with Crippen LogP contribution in [0.2, 0.25) is 0 Å². The van der Waals surface area contributed by atoms with E-state index in [9.17, 15) is 9.18 Å². The molecule has 0 unspecified atom stereocenters. The highest BCUT2D eigenvalue weighted by Crippen LogP contribution is 2.24. The minimum atomic E-state index is -0.192. The second kappa shape index (κ2) is 5.35. The highest BCUT2D eigenvalue weighted by Gasteiger charge is 2.06. The first-order valence-corrected chi connectivity index (χ1v) is 6.33. The Morgan fingerprint density at radius 1 is 1.00 bits per heavy atom. The Hall–Kier alpha value is -1.96. The zero-order chi connectivity index (χ0) is 14.0. The molecule has 0 aliphatic rings. The number of aryl methyl sites for hydroxylation is 2. The SMILES string of the molecule is CC(=O)Cc1ccc(-c2ccc(C)c(F)c2)cc1C. The Morgan fingerprint density at radius 3 is 2.21 bits per heavy atom. The Bertz CT molecular complexity index is 629. The van der Waals surface area contributed by atoms with Crippen LogP contribution >= 0.6 is 0 Å². The summed E-state index contributed by atoms with van der Waals surface area (Å²) in [6, 6.07) is 11.1. The van der Waals surface area contributed by atoms with Gasteiger partial charge in [-0.05, 0) is 54.7 Å². The van der Waals surface area contributed by atoms with Crippen LogP contribution in [0.25, 0.3) is 11.1 Å². The zero-order valence-electron chi connectivity index (χ0n) is 11.5. The van der Waals surface area contributed by atoms with Crippen molar-refractivity contribution in [2.45, 2.75) is 27.2 Å². The molecule has 0 fully saturated rings. The lowest BCUT2D eigenvalue weighted by Gasteiger charge is -2.08. The van der Waals surface area contributed by atoms with Gasteiger partial charge in [0, 0.05) is 6.42 Å². The summed E-state index contributed by atoms with van der Waals surface area (Å²) in [5.41, 5.74) is 4.58. The third-order valence-corrected chi connectivity index (χ3v) is 3.29. The molecular formula is C17H17FO. The Labute approximate surface area is 113 Å². The molecule has 0 saturated heterocycles. The summed E-state index contributed by atoms with van der Waals surface area (Å²) in [6.07, 6.45) is 0.453. The molecule has 2 heteroatoms. The number of rotatable bonds is 3. The van der Waals surface area contributed by atoms with E-state index >= 15 is 0 Å². The Morgan fingerprint density at radius 2 is 1.63 bits per heavy atom. The highest BCUT2D eigenvalue weighted by atomic mass is 19.1. The molecule has 0 atom stereocenters. The number of halogens is 1. The maximum Gasteiger partial charge on any atom is 0.134 e. The Balaban J connectivity index is 2.38. The van der Waals surface area contributed by atoms with Gasteiger partial charge in [0.25, 0.3) is 0 Å². The maximum absolute atomic E-state index is 13.6. The molecule has 0 heterocycles. The average Bonchev–Trinajstić information content (AvgIpc) is 2.35. The molecule has 0 spiro atoms. The molecule has 19 heavy (non-hydrogen) atoms. The molecule has 0 aromatic heterocycles. The molecule has 2 aromatic rings. The van der Waals surface area contributed by atoms with Gasteiger partial charge in [-0.2, -0.15) is 0 Å². The van der Waals surface area contributed by atoms with Crippen molar-refractivity contribution in [3.05, 3.63) is 58.9 Å². The molecule has 0 N–H and O–H groups in total. The van der Waals surface area contributed by atoms with Crippen LogP contribution in [0.3, 0.4) is 0 Å². The molecule has 1 nitrogen and oxygen atoms in total. The van der Waals surface area contributed by atoms with Crippen molar-refractivity contribution in [2.24, 2.45) is 0 Å². The van der Waals surface area contributed by atoms with Crippen molar-refractivity contribution in [3.8, 4) is 11.1 Å². The van der Waals surface area contributed by atoms with Gasteiger partial charge in [0.15, 0.2) is 0 Å². The number of hydrogen-bond donors (Lipinski definition) is 0. The molecule has 98 valence electrons. The minimum absolute atomic E-state index is 0.150. The van der Waals surface area contributed by atoms with Gasteiger partial charge in [-0.15, -0.1) is 0 Å². The predicted molar refractivity (Wildman–Crippen MR) is 75.7 cm³/mol. The van der Waals surface area contributed by atoms with E-state index in [2.05, 4.69) is 0 Å². The smallest absolute Gasteiger partial charge is 0.134 e. The summed E-state index contributed by atoms with van der Waals surface area (Å²) in [4.78, 5) is 11.2. The summed E-state index contributed by atoms with van der Waals surface area (Å²) < 4.78 is 13.6. The maximum atomic E-state index is 13.6. The van der Waals surface area contributed by atoms with Crippen molar-refractivity contribution in [1.82, 2.24) is 0 Å². The second-order valence-corrected chi connectivity index (χ2v) is 4.98. The molecule has 0 aliphatic carbocycles. The summed E-state index contributed by atoms with van der Waals surface area (Å²) >= 11 is 0. The number of Topliss-reactive ketones (excluding diaryl/α,β-unsaturated/α-hetero) is 1. The monoisotopic (exact) mass is 256 g/mol. The molecular weight excluding hydrogens is 239 g/mol. The molecule has 2 aromatic carbocycles. The Kier molecular flexibility index (Phi) is 3.79. The number of benzene rings is 2. The predicted octanol–water partition coefficient (Wildman–Crippen LogP) is 4.24. The molecule has 2 rings (SSSR count). The van der Waals surface area contributed by atoms with E-state index in [1.165, 1.54) is 0 Å². The van der Waals surface area contributed by atoms with E-state index in [0.717, 1.165) is 22.3 Å². The normalized spacial score (nSPS) is 10.5. The third-order valence-electron chi connectivity index (χ3n) is 3.29. The number of hydrogen-bond acceptors (Lipinski definition) is 1. The zero-order valence-corrected chi connectivity index (χ0v) is 11.5. The van der Waals surface area contributed by atoms with Crippen molar-refractivity contribution < 1.29 is 9.18 Å². The number of carbonyl (C=O) groups excluding carboxylic acids is 1. The van der Waals surface area contributed by atoms with Crippen LogP contribution in [0.4, 0.5) is 4.39 Å². The largest absolute Gasteiger partial charge is 0.300 e. The van der Waals surface area contributed by atoms with Crippen molar-refractivity contribution >= 4 is 5.78 Å². The topological polar surface area (TPSA) is 17.1 Å². The van der Waals surface area contributed by atoms with E-state index in [1.807, 2.05) is 31.2 Å². The van der Waals surface area contributed by atoms with Crippen LogP contribution in [0.1, 0.15) is 23.6 Å². The van der Waals surface area contributed by atoms with Crippen LogP contribution in [0.15, 0.2) is 36.4 Å². The van der Waals surface area contributed by atoms with Gasteiger partial charge < -0.3 is 0 Å². The van der Waals surface area contributed by atoms with Gasteiger partial charge in [0.1, 0.15) is 11.6 Å². The lowest BCUT2D eigenvalue weighted by molar-refractivity contribution is -0.116. The van der Waals surface area contributed by atoms with E-state index in [4.69, 9.17) is 0 Å². The molecule has 0 amide bonds. The van der Waals surface area contributed by atoms with Gasteiger partial charge >= 0.3 is 0 Å². The van der Waals surface area contributed by atoms with E-state index in [-0.39, 0.29) is 11.6 Å². The first-order valence-electron chi connectivity index (χ1n) is 6.33. The number of carbonyl (C=O) groups is 1. The first kappa shape index (κ1) is 13.5. The minimum Gasteiger partial charge on any atom is -0.300 e. The van der Waals surface area contributed by atoms with Crippen LogP contribution < -0.4 is 0 Å². The van der Waals surface area contributed by atoms with Crippen molar-refractivity contribution in [1.29, 1.82) is 0 Å². The third kappa shape index (κ3) is 3.08. The van der Waals surface area contributed by atoms with Gasteiger partial charge in [-0.25, -0.2) is 4.39 Å². The molecule has 0 bridgehead atoms. The van der Waals surface area contributed by atoms with Crippen LogP contribution in [0, 0.1) is 19.7 Å². The van der Waals surface area contributed by atoms with Gasteiger partial charge in [0.2, 0.25) is 0 Å². The highest BCUT2D eigenvalue weighted by molar-refractivity contribution is 5.79. The summed E-state index contributed by atoms with van der Waals surface area (Å²) in [5.74, 6) is -0.0415. The summed E-state index contributed by atoms with van der Waals surface area (Å²) in [6.45, 7) is 5.31. The second-order valence-electron chi connectivity index (χ2n) is 4.98. The van der Waals surface area contributed by atoms with Crippen molar-refractivity contribution in [2.75, 3.05) is 0 Å². The van der Waals surface area contributed by atoms with E-state index < -0.39 is 0 Å². The summed E-state index contributed by atoms with van der Waals surface area (Å²) in [7, 11) is 0. The van der Waals surface area contributed by atoms with Gasteiger partial charge in [0.05, 0.1) is 0 Å². The lowest BCUT2D eigenvalue weighted by Crippen LogP contribution is -1.98. The standard InChI is InChI=1S/C17H17FO/c1-11-4-5-16(10-17(11)18)15-7-6-14(9-13(3)19)12(2)8-15/h4-8,10H,9H2,1-3H3. The van der Waals surface area contributed by atoms with Crippen LogP contribution in [0.5, 0.6) is 0 Å².